The van der Waals surface area contributed by atoms with Crippen molar-refractivity contribution in [3.05, 3.63) is 0 Å². The average molecular weight is 270 g/mol. The van der Waals surface area contributed by atoms with Crippen molar-refractivity contribution >= 4 is 0 Å². The fourth-order valence-electron chi connectivity index (χ4n) is 3.15. The van der Waals surface area contributed by atoms with Gasteiger partial charge in [-0.3, -0.25) is 0 Å². The third kappa shape index (κ3) is 10.4. The molecule has 0 radical (unpaired) electrons. The first-order chi connectivity index (χ1) is 9.29. The fourth-order valence-corrected chi connectivity index (χ4v) is 3.15. The Bertz CT molecular complexity index is 163. The summed E-state index contributed by atoms with van der Waals surface area (Å²) in [4.78, 5) is 0. The Hall–Kier alpha value is -0.0400. The zero-order chi connectivity index (χ0) is 14.3. The molecule has 19 heavy (non-hydrogen) atoms. The summed E-state index contributed by atoms with van der Waals surface area (Å²) in [5.74, 6) is 0.874. The molecule has 1 nitrogen and oxygen atoms in total. The molecule has 1 N–H and O–H groups in total. The van der Waals surface area contributed by atoms with Crippen LogP contribution in [0.2, 0.25) is 0 Å². The maximum atomic E-state index is 3.53. The van der Waals surface area contributed by atoms with Gasteiger partial charge in [-0.05, 0) is 19.4 Å². The largest absolute Gasteiger partial charge is 0.317 e. The molecule has 0 fully saturated rings. The second-order valence-electron chi connectivity index (χ2n) is 6.09. The molecule has 0 amide bonds. The van der Waals surface area contributed by atoms with Gasteiger partial charge >= 0.3 is 0 Å². The standard InChI is InChI=1S/C18H39N/c1-5-8-9-10-11-12-13-14-15-16-18(19-4)17(6-2)7-3/h17-19H,5-16H2,1-4H3. The Morgan fingerprint density at radius 3 is 1.58 bits per heavy atom. The van der Waals surface area contributed by atoms with Crippen molar-refractivity contribution in [3.8, 4) is 0 Å². The van der Waals surface area contributed by atoms with Crippen LogP contribution < -0.4 is 5.32 Å². The van der Waals surface area contributed by atoms with Crippen LogP contribution in [-0.4, -0.2) is 13.1 Å². The smallest absolute Gasteiger partial charge is 0.00921 e. The maximum absolute atomic E-state index is 3.53. The minimum atomic E-state index is 0.750. The number of hydrogen-bond donors (Lipinski definition) is 1. The summed E-state index contributed by atoms with van der Waals surface area (Å²) in [5, 5.41) is 3.53. The molecule has 1 unspecified atom stereocenters. The summed E-state index contributed by atoms with van der Waals surface area (Å²) in [6, 6.07) is 0.750. The molecular formula is C18H39N. The molecule has 0 heterocycles. The highest BCUT2D eigenvalue weighted by Gasteiger charge is 2.15. The number of nitrogens with one attached hydrogen (secondary N) is 1. The zero-order valence-corrected chi connectivity index (χ0v) is 14.1. The van der Waals surface area contributed by atoms with E-state index in [0.29, 0.717) is 0 Å². The van der Waals surface area contributed by atoms with Crippen molar-refractivity contribution in [2.24, 2.45) is 5.92 Å². The molecule has 0 spiro atoms. The van der Waals surface area contributed by atoms with Crippen molar-refractivity contribution in [3.63, 3.8) is 0 Å². The van der Waals surface area contributed by atoms with Crippen molar-refractivity contribution in [2.45, 2.75) is 104 Å². The van der Waals surface area contributed by atoms with Gasteiger partial charge in [-0.2, -0.15) is 0 Å². The molecule has 0 bridgehead atoms. The van der Waals surface area contributed by atoms with Gasteiger partial charge in [0.1, 0.15) is 0 Å². The van der Waals surface area contributed by atoms with Gasteiger partial charge in [0.2, 0.25) is 0 Å². The van der Waals surface area contributed by atoms with E-state index >= 15 is 0 Å². The van der Waals surface area contributed by atoms with Crippen molar-refractivity contribution in [2.75, 3.05) is 7.05 Å². The lowest BCUT2D eigenvalue weighted by Crippen LogP contribution is -2.32. The highest BCUT2D eigenvalue weighted by molar-refractivity contribution is 4.73. The third-order valence-electron chi connectivity index (χ3n) is 4.61. The lowest BCUT2D eigenvalue weighted by atomic mass is 9.90. The van der Waals surface area contributed by atoms with Gasteiger partial charge in [0, 0.05) is 6.04 Å². The minimum absolute atomic E-state index is 0.750. The van der Waals surface area contributed by atoms with Crippen LogP contribution >= 0.6 is 0 Å². The van der Waals surface area contributed by atoms with Crippen LogP contribution in [0.15, 0.2) is 0 Å². The first kappa shape index (κ1) is 19.0. The highest BCUT2D eigenvalue weighted by atomic mass is 14.9. The fraction of sp³-hybridized carbons (Fsp3) is 1.00. The van der Waals surface area contributed by atoms with E-state index in [9.17, 15) is 0 Å². The van der Waals surface area contributed by atoms with Crippen LogP contribution in [0, 0.1) is 5.92 Å². The SMILES string of the molecule is CCCCCCCCCCCC(NC)C(CC)CC. The quantitative estimate of drug-likeness (QED) is 0.385. The summed E-state index contributed by atoms with van der Waals surface area (Å²) in [7, 11) is 2.14. The van der Waals surface area contributed by atoms with E-state index < -0.39 is 0 Å². The van der Waals surface area contributed by atoms with E-state index in [4.69, 9.17) is 0 Å². The molecule has 1 atom stereocenters. The van der Waals surface area contributed by atoms with Crippen LogP contribution in [0.1, 0.15) is 97.8 Å². The van der Waals surface area contributed by atoms with Crippen molar-refractivity contribution < 1.29 is 0 Å². The Labute approximate surface area is 122 Å². The lowest BCUT2D eigenvalue weighted by molar-refractivity contribution is 0.325. The van der Waals surface area contributed by atoms with Crippen LogP contribution in [0.5, 0.6) is 0 Å². The summed E-state index contributed by atoms with van der Waals surface area (Å²) in [5.41, 5.74) is 0. The summed E-state index contributed by atoms with van der Waals surface area (Å²) >= 11 is 0. The maximum Gasteiger partial charge on any atom is 0.00921 e. The number of unbranched alkanes of at least 4 members (excludes halogenated alkanes) is 8. The van der Waals surface area contributed by atoms with E-state index in [-0.39, 0.29) is 0 Å². The van der Waals surface area contributed by atoms with Gasteiger partial charge in [-0.15, -0.1) is 0 Å². The van der Waals surface area contributed by atoms with Crippen LogP contribution in [0.4, 0.5) is 0 Å². The van der Waals surface area contributed by atoms with Crippen molar-refractivity contribution in [1.82, 2.24) is 5.32 Å². The normalized spacial score (nSPS) is 13.1. The molecule has 1 heteroatoms. The summed E-state index contributed by atoms with van der Waals surface area (Å²) in [6.45, 7) is 6.95. The molecule has 0 aliphatic rings. The van der Waals surface area contributed by atoms with Crippen LogP contribution in [0.3, 0.4) is 0 Å². The van der Waals surface area contributed by atoms with E-state index in [1.54, 1.807) is 0 Å². The second kappa shape index (κ2) is 14.4. The first-order valence-corrected chi connectivity index (χ1v) is 8.97. The molecule has 0 aromatic carbocycles. The lowest BCUT2D eigenvalue weighted by Gasteiger charge is -2.24. The van der Waals surface area contributed by atoms with E-state index in [2.05, 4.69) is 33.1 Å². The monoisotopic (exact) mass is 269 g/mol. The summed E-state index contributed by atoms with van der Waals surface area (Å²) in [6.07, 6.45) is 16.9. The van der Waals surface area contributed by atoms with Gasteiger partial charge in [0.25, 0.3) is 0 Å². The molecular weight excluding hydrogens is 230 g/mol. The zero-order valence-electron chi connectivity index (χ0n) is 14.1. The molecule has 0 saturated heterocycles. The Balaban J connectivity index is 3.41. The molecule has 0 aromatic rings. The van der Waals surface area contributed by atoms with Gasteiger partial charge < -0.3 is 5.32 Å². The molecule has 0 aliphatic carbocycles. The predicted octanol–water partition coefficient (Wildman–Crippen LogP) is 5.93. The van der Waals surface area contributed by atoms with Gasteiger partial charge in [-0.25, -0.2) is 0 Å². The number of rotatable bonds is 14. The van der Waals surface area contributed by atoms with E-state index in [1.807, 2.05) is 0 Å². The minimum Gasteiger partial charge on any atom is -0.317 e. The van der Waals surface area contributed by atoms with Crippen LogP contribution in [0.25, 0.3) is 0 Å². The average Bonchev–Trinajstić information content (AvgIpc) is 2.44. The van der Waals surface area contributed by atoms with Gasteiger partial charge in [0.15, 0.2) is 0 Å². The van der Waals surface area contributed by atoms with Gasteiger partial charge in [-0.1, -0.05) is 91.4 Å². The predicted molar refractivity (Wildman–Crippen MR) is 88.8 cm³/mol. The first-order valence-electron chi connectivity index (χ1n) is 8.97. The molecule has 0 aliphatic heterocycles. The van der Waals surface area contributed by atoms with Crippen molar-refractivity contribution in [1.29, 1.82) is 0 Å². The highest BCUT2D eigenvalue weighted by Crippen LogP contribution is 2.19. The number of hydrogen-bond acceptors (Lipinski definition) is 1. The second-order valence-corrected chi connectivity index (χ2v) is 6.09. The molecule has 0 saturated carbocycles. The summed E-state index contributed by atoms with van der Waals surface area (Å²) < 4.78 is 0. The Morgan fingerprint density at radius 1 is 0.684 bits per heavy atom. The van der Waals surface area contributed by atoms with Crippen LogP contribution in [-0.2, 0) is 0 Å². The van der Waals surface area contributed by atoms with E-state index in [1.165, 1.54) is 77.0 Å². The topological polar surface area (TPSA) is 12.0 Å². The van der Waals surface area contributed by atoms with Gasteiger partial charge in [0.05, 0.1) is 0 Å². The van der Waals surface area contributed by atoms with E-state index in [0.717, 1.165) is 12.0 Å². The molecule has 0 rings (SSSR count). The Morgan fingerprint density at radius 2 is 1.16 bits per heavy atom. The molecule has 116 valence electrons. The Kier molecular flexibility index (Phi) is 14.3. The third-order valence-corrected chi connectivity index (χ3v) is 4.61. The molecule has 0 aromatic heterocycles.